The van der Waals surface area contributed by atoms with Gasteiger partial charge in [-0.3, -0.25) is 9.78 Å². The first-order valence-corrected chi connectivity index (χ1v) is 6.84. The lowest BCUT2D eigenvalue weighted by molar-refractivity contribution is -0.130. The number of benzene rings is 1. The summed E-state index contributed by atoms with van der Waals surface area (Å²) < 4.78 is 0. The van der Waals surface area contributed by atoms with E-state index in [0.29, 0.717) is 13.0 Å². The van der Waals surface area contributed by atoms with E-state index in [2.05, 4.69) is 30.1 Å². The molecule has 0 unspecified atom stereocenters. The Hall–Kier alpha value is -2.16. The molecule has 0 saturated carbocycles. The molecular weight excluding hydrogens is 248 g/mol. The molecule has 20 heavy (non-hydrogen) atoms. The Labute approximate surface area is 120 Å². The molecule has 0 saturated heterocycles. The number of aryl methyl sites for hydroxylation is 2. The fourth-order valence-electron chi connectivity index (χ4n) is 2.13. The summed E-state index contributed by atoms with van der Waals surface area (Å²) in [5.41, 5.74) is 3.36. The minimum atomic E-state index is 0.150. The standard InChI is InChI=1S/C17H20N2O/c1-14-6-5-7-15(12-14)9-10-17(20)19(2)13-16-8-3-4-11-18-16/h3-8,11-12H,9-10,13H2,1-2H3. The molecule has 3 heteroatoms. The van der Waals surface area contributed by atoms with Crippen LogP contribution in [0.5, 0.6) is 0 Å². The van der Waals surface area contributed by atoms with E-state index in [9.17, 15) is 4.79 Å². The van der Waals surface area contributed by atoms with Gasteiger partial charge in [0.25, 0.3) is 0 Å². The van der Waals surface area contributed by atoms with Gasteiger partial charge in [-0.2, -0.15) is 0 Å². The summed E-state index contributed by atoms with van der Waals surface area (Å²) in [7, 11) is 1.83. The summed E-state index contributed by atoms with van der Waals surface area (Å²) in [4.78, 5) is 18.1. The Kier molecular flexibility index (Phi) is 4.88. The van der Waals surface area contributed by atoms with Gasteiger partial charge in [-0.25, -0.2) is 0 Å². The Bertz CT molecular complexity index is 566. The summed E-state index contributed by atoms with van der Waals surface area (Å²) in [6, 6.07) is 14.1. The van der Waals surface area contributed by atoms with Crippen LogP contribution in [0.2, 0.25) is 0 Å². The van der Waals surface area contributed by atoms with Crippen LogP contribution in [-0.2, 0) is 17.8 Å². The van der Waals surface area contributed by atoms with Crippen LogP contribution in [0.3, 0.4) is 0 Å². The molecule has 104 valence electrons. The lowest BCUT2D eigenvalue weighted by atomic mass is 10.1. The van der Waals surface area contributed by atoms with Gasteiger partial charge in [-0.1, -0.05) is 35.9 Å². The number of carbonyl (C=O) groups excluding carboxylic acids is 1. The molecule has 1 aromatic carbocycles. The molecule has 1 aromatic heterocycles. The summed E-state index contributed by atoms with van der Waals surface area (Å²) in [6.45, 7) is 2.63. The van der Waals surface area contributed by atoms with Crippen LogP contribution in [-0.4, -0.2) is 22.8 Å². The van der Waals surface area contributed by atoms with Crippen molar-refractivity contribution in [3.63, 3.8) is 0 Å². The molecule has 0 bridgehead atoms. The van der Waals surface area contributed by atoms with Crippen LogP contribution in [0, 0.1) is 6.92 Å². The monoisotopic (exact) mass is 268 g/mol. The van der Waals surface area contributed by atoms with Gasteiger partial charge < -0.3 is 4.90 Å². The zero-order chi connectivity index (χ0) is 14.4. The number of carbonyl (C=O) groups is 1. The van der Waals surface area contributed by atoms with Crippen molar-refractivity contribution >= 4 is 5.91 Å². The number of amides is 1. The van der Waals surface area contributed by atoms with E-state index < -0.39 is 0 Å². The highest BCUT2D eigenvalue weighted by Gasteiger charge is 2.09. The van der Waals surface area contributed by atoms with Crippen molar-refractivity contribution in [3.8, 4) is 0 Å². The molecule has 0 aliphatic rings. The van der Waals surface area contributed by atoms with Crippen LogP contribution >= 0.6 is 0 Å². The van der Waals surface area contributed by atoms with E-state index >= 15 is 0 Å². The zero-order valence-corrected chi connectivity index (χ0v) is 12.0. The van der Waals surface area contributed by atoms with Crippen LogP contribution in [0.25, 0.3) is 0 Å². The summed E-state index contributed by atoms with van der Waals surface area (Å²) in [6.07, 6.45) is 3.07. The second-order valence-corrected chi connectivity index (χ2v) is 5.06. The van der Waals surface area contributed by atoms with Crippen LogP contribution in [0.1, 0.15) is 23.2 Å². The van der Waals surface area contributed by atoms with Gasteiger partial charge in [0.2, 0.25) is 5.91 Å². The Balaban J connectivity index is 1.85. The average molecular weight is 268 g/mol. The van der Waals surface area contributed by atoms with E-state index in [0.717, 1.165) is 12.1 Å². The first-order chi connectivity index (χ1) is 9.65. The normalized spacial score (nSPS) is 10.3. The largest absolute Gasteiger partial charge is 0.340 e. The van der Waals surface area contributed by atoms with Crippen molar-refractivity contribution in [3.05, 3.63) is 65.5 Å². The molecule has 0 radical (unpaired) electrons. The first-order valence-electron chi connectivity index (χ1n) is 6.84. The maximum Gasteiger partial charge on any atom is 0.222 e. The van der Waals surface area contributed by atoms with Gasteiger partial charge in [-0.05, 0) is 31.0 Å². The second kappa shape index (κ2) is 6.85. The third-order valence-corrected chi connectivity index (χ3v) is 3.26. The van der Waals surface area contributed by atoms with Crippen molar-refractivity contribution in [2.24, 2.45) is 0 Å². The summed E-state index contributed by atoms with van der Waals surface area (Å²) in [5.74, 6) is 0.150. The highest BCUT2D eigenvalue weighted by Crippen LogP contribution is 2.08. The number of aromatic nitrogens is 1. The average Bonchev–Trinajstić information content (AvgIpc) is 2.46. The van der Waals surface area contributed by atoms with E-state index in [1.807, 2.05) is 31.3 Å². The number of nitrogens with zero attached hydrogens (tertiary/aromatic N) is 2. The predicted molar refractivity (Wildman–Crippen MR) is 80.2 cm³/mol. The third-order valence-electron chi connectivity index (χ3n) is 3.26. The Morgan fingerprint density at radius 1 is 1.20 bits per heavy atom. The second-order valence-electron chi connectivity index (χ2n) is 5.06. The molecule has 1 heterocycles. The lowest BCUT2D eigenvalue weighted by Gasteiger charge is -2.16. The third kappa shape index (κ3) is 4.19. The quantitative estimate of drug-likeness (QED) is 0.835. The first kappa shape index (κ1) is 14.3. The molecule has 2 aromatic rings. The molecule has 3 nitrogen and oxygen atoms in total. The summed E-state index contributed by atoms with van der Waals surface area (Å²) >= 11 is 0. The van der Waals surface area contributed by atoms with Crippen LogP contribution < -0.4 is 0 Å². The Morgan fingerprint density at radius 2 is 2.05 bits per heavy atom. The predicted octanol–water partition coefficient (Wildman–Crippen LogP) is 2.98. The highest BCUT2D eigenvalue weighted by atomic mass is 16.2. The van der Waals surface area contributed by atoms with Gasteiger partial charge in [0.1, 0.15) is 0 Å². The molecule has 0 aliphatic heterocycles. The van der Waals surface area contributed by atoms with Gasteiger partial charge in [0, 0.05) is 19.7 Å². The fraction of sp³-hybridized carbons (Fsp3) is 0.294. The Morgan fingerprint density at radius 3 is 2.75 bits per heavy atom. The van der Waals surface area contributed by atoms with Gasteiger partial charge in [0.05, 0.1) is 12.2 Å². The van der Waals surface area contributed by atoms with Crippen molar-refractivity contribution in [2.45, 2.75) is 26.3 Å². The van der Waals surface area contributed by atoms with Gasteiger partial charge in [0.15, 0.2) is 0 Å². The minimum Gasteiger partial charge on any atom is -0.340 e. The summed E-state index contributed by atoms with van der Waals surface area (Å²) in [5, 5.41) is 0. The topological polar surface area (TPSA) is 33.2 Å². The lowest BCUT2D eigenvalue weighted by Crippen LogP contribution is -2.26. The molecular formula is C17H20N2O. The van der Waals surface area contributed by atoms with E-state index in [1.165, 1.54) is 11.1 Å². The molecule has 0 aliphatic carbocycles. The smallest absolute Gasteiger partial charge is 0.222 e. The maximum atomic E-state index is 12.1. The molecule has 0 N–H and O–H groups in total. The number of rotatable bonds is 5. The van der Waals surface area contributed by atoms with Crippen LogP contribution in [0.4, 0.5) is 0 Å². The van der Waals surface area contributed by atoms with Crippen molar-refractivity contribution in [1.29, 1.82) is 0 Å². The molecule has 0 spiro atoms. The number of pyridine rings is 1. The van der Waals surface area contributed by atoms with Gasteiger partial charge in [-0.15, -0.1) is 0 Å². The van der Waals surface area contributed by atoms with E-state index in [1.54, 1.807) is 11.1 Å². The molecule has 1 amide bonds. The highest BCUT2D eigenvalue weighted by molar-refractivity contribution is 5.76. The van der Waals surface area contributed by atoms with Crippen LogP contribution in [0.15, 0.2) is 48.7 Å². The number of hydrogen-bond acceptors (Lipinski definition) is 2. The molecule has 0 fully saturated rings. The SMILES string of the molecule is Cc1cccc(CCC(=O)N(C)Cc2ccccn2)c1. The molecule has 2 rings (SSSR count). The minimum absolute atomic E-state index is 0.150. The maximum absolute atomic E-state index is 12.1. The van der Waals surface area contributed by atoms with Gasteiger partial charge >= 0.3 is 0 Å². The fourth-order valence-corrected chi connectivity index (χ4v) is 2.13. The van der Waals surface area contributed by atoms with Crippen molar-refractivity contribution in [1.82, 2.24) is 9.88 Å². The van der Waals surface area contributed by atoms with Crippen molar-refractivity contribution < 1.29 is 4.79 Å². The zero-order valence-electron chi connectivity index (χ0n) is 12.0. The van der Waals surface area contributed by atoms with E-state index in [4.69, 9.17) is 0 Å². The van der Waals surface area contributed by atoms with E-state index in [-0.39, 0.29) is 5.91 Å². The molecule has 0 atom stereocenters. The van der Waals surface area contributed by atoms with Crippen molar-refractivity contribution in [2.75, 3.05) is 7.05 Å². The number of hydrogen-bond donors (Lipinski definition) is 0.